The van der Waals surface area contributed by atoms with Crippen molar-refractivity contribution in [1.82, 2.24) is 9.62 Å². The average Bonchev–Trinajstić information content (AvgIpc) is 2.32. The van der Waals surface area contributed by atoms with Gasteiger partial charge in [-0.15, -0.1) is 0 Å². The minimum absolute atomic E-state index is 0.0496. The van der Waals surface area contributed by atoms with Crippen molar-refractivity contribution in [3.05, 3.63) is 0 Å². The fourth-order valence-corrected chi connectivity index (χ4v) is 5.20. The molecule has 4 nitrogen and oxygen atoms in total. The fraction of sp³-hybridized carbons (Fsp3) is 1.00. The first-order valence-corrected chi connectivity index (χ1v) is 9.79. The van der Waals surface area contributed by atoms with Crippen LogP contribution in [-0.2, 0) is 10.0 Å². The lowest BCUT2D eigenvalue weighted by atomic mass is 10.2. The Balaban J connectivity index is 2.31. The number of hydrogen-bond donors (Lipinski definition) is 1. The van der Waals surface area contributed by atoms with E-state index in [0.717, 1.165) is 38.1 Å². The van der Waals surface area contributed by atoms with Gasteiger partial charge in [-0.25, -0.2) is 8.42 Å². The molecule has 19 heavy (non-hydrogen) atoms. The third-order valence-corrected chi connectivity index (χ3v) is 6.42. The van der Waals surface area contributed by atoms with E-state index < -0.39 is 10.0 Å². The lowest BCUT2D eigenvalue weighted by Gasteiger charge is -2.36. The summed E-state index contributed by atoms with van der Waals surface area (Å²) in [7, 11) is -3.05. The van der Waals surface area contributed by atoms with Crippen LogP contribution in [0.15, 0.2) is 0 Å². The highest BCUT2D eigenvalue weighted by Gasteiger charge is 2.33. The maximum atomic E-state index is 12.3. The summed E-state index contributed by atoms with van der Waals surface area (Å²) >= 11 is 1.86. The Morgan fingerprint density at radius 1 is 1.26 bits per heavy atom. The Bertz CT molecular complexity index is 356. The Kier molecular flexibility index (Phi) is 7.14. The van der Waals surface area contributed by atoms with Crippen molar-refractivity contribution in [3.63, 3.8) is 0 Å². The molecule has 0 aromatic rings. The van der Waals surface area contributed by atoms with Crippen molar-refractivity contribution in [2.75, 3.05) is 37.7 Å². The third-order valence-electron chi connectivity index (χ3n) is 3.22. The first-order valence-electron chi connectivity index (χ1n) is 7.20. The second-order valence-electron chi connectivity index (χ2n) is 5.71. The minimum Gasteiger partial charge on any atom is -0.317 e. The molecule has 0 aromatic carbocycles. The topological polar surface area (TPSA) is 49.4 Å². The van der Waals surface area contributed by atoms with Gasteiger partial charge in [-0.1, -0.05) is 6.92 Å². The summed E-state index contributed by atoms with van der Waals surface area (Å²) in [5.41, 5.74) is 0. The van der Waals surface area contributed by atoms with Gasteiger partial charge < -0.3 is 5.32 Å². The van der Waals surface area contributed by atoms with Crippen molar-refractivity contribution in [1.29, 1.82) is 0 Å². The smallest absolute Gasteiger partial charge is 0.214 e. The quantitative estimate of drug-likeness (QED) is 0.696. The Morgan fingerprint density at radius 3 is 2.63 bits per heavy atom. The zero-order valence-corrected chi connectivity index (χ0v) is 14.1. The van der Waals surface area contributed by atoms with Crippen LogP contribution in [-0.4, -0.2) is 55.2 Å². The lowest BCUT2D eigenvalue weighted by molar-refractivity contribution is 0.386. The van der Waals surface area contributed by atoms with Crippen molar-refractivity contribution in [2.24, 2.45) is 0 Å². The van der Waals surface area contributed by atoms with Crippen LogP contribution in [0.1, 0.15) is 40.0 Å². The molecule has 0 unspecified atom stereocenters. The minimum atomic E-state index is -3.05. The maximum absolute atomic E-state index is 12.3. The first kappa shape index (κ1) is 17.3. The number of sulfonamides is 1. The molecule has 1 heterocycles. The van der Waals surface area contributed by atoms with Crippen LogP contribution in [0.3, 0.4) is 0 Å². The SMILES string of the molecule is CCCNCCCCS(=O)(=O)N1CCSC(C)(C)C1. The van der Waals surface area contributed by atoms with E-state index in [0.29, 0.717) is 18.8 Å². The van der Waals surface area contributed by atoms with Gasteiger partial charge in [0.2, 0.25) is 10.0 Å². The van der Waals surface area contributed by atoms with Crippen LogP contribution >= 0.6 is 11.8 Å². The predicted octanol–water partition coefficient (Wildman–Crippen LogP) is 1.92. The highest BCUT2D eigenvalue weighted by Crippen LogP contribution is 2.30. The number of nitrogens with one attached hydrogen (secondary N) is 1. The first-order chi connectivity index (χ1) is 8.87. The fourth-order valence-electron chi connectivity index (χ4n) is 2.18. The van der Waals surface area contributed by atoms with Crippen LogP contribution in [0.4, 0.5) is 0 Å². The molecular weight excluding hydrogens is 280 g/mol. The standard InChI is InChI=1S/C13H28N2O2S2/c1-4-7-14-8-5-6-11-19(16,17)15-9-10-18-13(2,3)12-15/h14H,4-12H2,1-3H3. The van der Waals surface area contributed by atoms with E-state index >= 15 is 0 Å². The summed E-state index contributed by atoms with van der Waals surface area (Å²) in [6.07, 6.45) is 2.81. The molecule has 1 aliphatic rings. The zero-order valence-electron chi connectivity index (χ0n) is 12.4. The molecule has 0 atom stereocenters. The van der Waals surface area contributed by atoms with E-state index in [2.05, 4.69) is 26.1 Å². The number of hydrogen-bond acceptors (Lipinski definition) is 4. The normalized spacial score (nSPS) is 20.6. The van der Waals surface area contributed by atoms with Crippen LogP contribution in [0.25, 0.3) is 0 Å². The highest BCUT2D eigenvalue weighted by molar-refractivity contribution is 8.00. The molecular formula is C13H28N2O2S2. The van der Waals surface area contributed by atoms with Gasteiger partial charge in [0.1, 0.15) is 0 Å². The molecule has 0 spiro atoms. The summed E-state index contributed by atoms with van der Waals surface area (Å²) in [5, 5.41) is 3.30. The van der Waals surface area contributed by atoms with E-state index in [1.807, 2.05) is 11.8 Å². The Labute approximate surface area is 122 Å². The maximum Gasteiger partial charge on any atom is 0.214 e. The molecule has 0 radical (unpaired) electrons. The Morgan fingerprint density at radius 2 is 2.00 bits per heavy atom. The summed E-state index contributed by atoms with van der Waals surface area (Å²) in [6, 6.07) is 0. The zero-order chi connectivity index (χ0) is 14.4. The molecule has 6 heteroatoms. The van der Waals surface area contributed by atoms with Gasteiger partial charge >= 0.3 is 0 Å². The Hall–Kier alpha value is 0.220. The average molecular weight is 309 g/mol. The van der Waals surface area contributed by atoms with Gasteiger partial charge in [0, 0.05) is 23.6 Å². The second-order valence-corrected chi connectivity index (χ2v) is 9.61. The monoisotopic (exact) mass is 308 g/mol. The lowest BCUT2D eigenvalue weighted by Crippen LogP contribution is -2.46. The molecule has 1 fully saturated rings. The van der Waals surface area contributed by atoms with Gasteiger partial charge in [0.05, 0.1) is 5.75 Å². The van der Waals surface area contributed by atoms with E-state index in [1.54, 1.807) is 4.31 Å². The molecule has 114 valence electrons. The molecule has 0 amide bonds. The number of rotatable bonds is 8. The van der Waals surface area contributed by atoms with E-state index in [1.165, 1.54) is 0 Å². The number of nitrogens with zero attached hydrogens (tertiary/aromatic N) is 1. The number of thioether (sulfide) groups is 1. The summed E-state index contributed by atoms with van der Waals surface area (Å²) in [4.78, 5) is 0. The van der Waals surface area contributed by atoms with E-state index in [4.69, 9.17) is 0 Å². The van der Waals surface area contributed by atoms with Crippen LogP contribution in [0, 0.1) is 0 Å². The largest absolute Gasteiger partial charge is 0.317 e. The summed E-state index contributed by atoms with van der Waals surface area (Å²) < 4.78 is 26.3. The van der Waals surface area contributed by atoms with Crippen LogP contribution in [0.5, 0.6) is 0 Å². The van der Waals surface area contributed by atoms with Crippen molar-refractivity contribution in [3.8, 4) is 0 Å². The van der Waals surface area contributed by atoms with Crippen molar-refractivity contribution in [2.45, 2.75) is 44.8 Å². The molecule has 1 rings (SSSR count). The second kappa shape index (κ2) is 7.86. The summed E-state index contributed by atoms with van der Waals surface area (Å²) in [6.45, 7) is 9.63. The molecule has 0 aromatic heterocycles. The molecule has 0 aliphatic carbocycles. The van der Waals surface area contributed by atoms with Gasteiger partial charge in [0.25, 0.3) is 0 Å². The molecule has 1 aliphatic heterocycles. The van der Waals surface area contributed by atoms with Crippen molar-refractivity contribution < 1.29 is 8.42 Å². The third kappa shape index (κ3) is 6.47. The highest BCUT2D eigenvalue weighted by atomic mass is 32.2. The molecule has 0 saturated carbocycles. The van der Waals surface area contributed by atoms with Crippen LogP contribution < -0.4 is 5.32 Å². The van der Waals surface area contributed by atoms with Gasteiger partial charge in [-0.2, -0.15) is 16.1 Å². The molecule has 1 N–H and O–H groups in total. The van der Waals surface area contributed by atoms with Crippen molar-refractivity contribution >= 4 is 21.8 Å². The van der Waals surface area contributed by atoms with Gasteiger partial charge in [-0.3, -0.25) is 0 Å². The number of unbranched alkanes of at least 4 members (excludes halogenated alkanes) is 1. The van der Waals surface area contributed by atoms with E-state index in [-0.39, 0.29) is 4.75 Å². The van der Waals surface area contributed by atoms with Crippen LogP contribution in [0.2, 0.25) is 0 Å². The molecule has 1 saturated heterocycles. The van der Waals surface area contributed by atoms with E-state index in [9.17, 15) is 8.42 Å². The van der Waals surface area contributed by atoms with Gasteiger partial charge in [-0.05, 0) is 46.2 Å². The molecule has 0 bridgehead atoms. The predicted molar refractivity (Wildman–Crippen MR) is 84.3 cm³/mol. The summed E-state index contributed by atoms with van der Waals surface area (Å²) in [5.74, 6) is 1.20. The van der Waals surface area contributed by atoms with Gasteiger partial charge in [0.15, 0.2) is 0 Å².